The number of carboxylic acid groups (broad SMARTS) is 1. The molecule has 1 fully saturated rings. The zero-order valence-electron chi connectivity index (χ0n) is 22.1. The van der Waals surface area contributed by atoms with E-state index in [9.17, 15) is 28.0 Å². The molecule has 10 nitrogen and oxygen atoms in total. The van der Waals surface area contributed by atoms with Crippen molar-refractivity contribution in [3.8, 4) is 17.2 Å². The Morgan fingerprint density at radius 1 is 1.22 bits per heavy atom. The van der Waals surface area contributed by atoms with Crippen LogP contribution in [0.5, 0.6) is 0 Å². The molecule has 1 aliphatic rings. The molecule has 0 aliphatic carbocycles. The number of nitrogens with one attached hydrogen (secondary N) is 1. The van der Waals surface area contributed by atoms with E-state index in [2.05, 4.69) is 11.4 Å². The van der Waals surface area contributed by atoms with E-state index in [0.29, 0.717) is 45.6 Å². The fraction of sp³-hybridized carbons (Fsp3) is 0.407. The van der Waals surface area contributed by atoms with Crippen LogP contribution >= 0.6 is 11.3 Å². The number of thiazole rings is 1. The highest BCUT2D eigenvalue weighted by atomic mass is 32.1. The van der Waals surface area contributed by atoms with Crippen molar-refractivity contribution in [1.29, 1.82) is 5.26 Å². The summed E-state index contributed by atoms with van der Waals surface area (Å²) in [6, 6.07) is 15.4. The molecule has 4 rings (SSSR count). The number of rotatable bonds is 8. The van der Waals surface area contributed by atoms with Crippen LogP contribution in [-0.4, -0.2) is 66.2 Å². The molecule has 3 aromatic rings. The molecule has 14 heteroatoms. The summed E-state index contributed by atoms with van der Waals surface area (Å²) in [5, 5.41) is 19.5. The van der Waals surface area contributed by atoms with E-state index >= 15 is 0 Å². The number of fused-ring (bicyclic) bond motifs is 1. The summed E-state index contributed by atoms with van der Waals surface area (Å²) in [5.41, 5.74) is 9.08. The number of carbonyl (C=O) groups excluding carboxylic acids is 1. The van der Waals surface area contributed by atoms with Crippen LogP contribution in [0.25, 0.3) is 21.3 Å². The summed E-state index contributed by atoms with van der Waals surface area (Å²) in [7, 11) is 1.62. The molecule has 2 aromatic carbocycles. The van der Waals surface area contributed by atoms with Gasteiger partial charge in [0.1, 0.15) is 6.04 Å². The lowest BCUT2D eigenvalue weighted by Gasteiger charge is -2.32. The molecule has 2 heterocycles. The number of carboxylic acids is 1. The third-order valence-electron chi connectivity index (χ3n) is 6.45. The topological polar surface area (TPSA) is 157 Å². The summed E-state index contributed by atoms with van der Waals surface area (Å²) in [6.07, 6.45) is -3.81. The molecule has 220 valence electrons. The number of halogens is 3. The van der Waals surface area contributed by atoms with Gasteiger partial charge in [0.25, 0.3) is 0 Å². The largest absolute Gasteiger partial charge is 0.490 e. The van der Waals surface area contributed by atoms with E-state index in [1.54, 1.807) is 11.7 Å². The maximum Gasteiger partial charge on any atom is 0.490 e. The van der Waals surface area contributed by atoms with Gasteiger partial charge in [-0.2, -0.15) is 18.4 Å². The number of ether oxygens (including phenoxy) is 2. The zero-order valence-corrected chi connectivity index (χ0v) is 22.9. The number of aliphatic carboxylic acids is 1. The van der Waals surface area contributed by atoms with Crippen LogP contribution in [0.2, 0.25) is 0 Å². The highest BCUT2D eigenvalue weighted by molar-refractivity contribution is 7.16. The number of aromatic nitrogens is 1. The summed E-state index contributed by atoms with van der Waals surface area (Å²) >= 11 is 1.23. The van der Waals surface area contributed by atoms with E-state index < -0.39 is 23.7 Å². The second-order valence-corrected chi connectivity index (χ2v) is 10.3. The lowest BCUT2D eigenvalue weighted by molar-refractivity contribution is -0.192. The second-order valence-electron chi connectivity index (χ2n) is 9.32. The molecular weight excluding hydrogens is 565 g/mol. The Hall–Kier alpha value is -3.77. The first kappa shape index (κ1) is 31.8. The summed E-state index contributed by atoms with van der Waals surface area (Å²) in [5.74, 6) is -3.06. The number of hydrogen-bond donors (Lipinski definition) is 3. The van der Waals surface area contributed by atoms with Gasteiger partial charge in [0.15, 0.2) is 0 Å². The molecule has 0 spiro atoms. The normalized spacial score (nSPS) is 15.3. The van der Waals surface area contributed by atoms with Crippen molar-refractivity contribution in [2.45, 2.75) is 43.6 Å². The molecule has 1 saturated heterocycles. The first-order valence-electron chi connectivity index (χ1n) is 12.5. The number of amides is 1. The number of carbonyl (C=O) groups is 2. The van der Waals surface area contributed by atoms with Gasteiger partial charge in [0.05, 0.1) is 35.0 Å². The van der Waals surface area contributed by atoms with Crippen LogP contribution in [0.4, 0.5) is 13.2 Å². The molecule has 4 N–H and O–H groups in total. The van der Waals surface area contributed by atoms with Gasteiger partial charge in [0, 0.05) is 26.7 Å². The Morgan fingerprint density at radius 3 is 2.39 bits per heavy atom. The SMILES string of the molecule is COCCn1c(=O)sc2ccc(-c3ccc(C[C@@H](C#N)NC(=O)C4(N)CCOCC4)cc3)cc21.O=C(O)C(F)(F)F. The van der Waals surface area contributed by atoms with Gasteiger partial charge < -0.3 is 25.6 Å². The minimum atomic E-state index is -5.08. The standard InChI is InChI=1S/C25H28N4O4S.C2HF3O2/c1-32-13-10-29-21-15-19(6-7-22(21)34-24(29)31)18-4-2-17(3-5-18)14-20(16-26)28-23(30)25(27)8-11-33-12-9-25;3-2(4,5)1(6)7/h2-7,15,20H,8-14,27H2,1H3,(H,28,30);(H,6,7)/t20-;/m0./s1. The monoisotopic (exact) mass is 594 g/mol. The average Bonchev–Trinajstić information content (AvgIpc) is 3.25. The first-order valence-corrected chi connectivity index (χ1v) is 13.3. The Morgan fingerprint density at radius 2 is 1.83 bits per heavy atom. The number of nitrogens with two attached hydrogens (primary N) is 1. The van der Waals surface area contributed by atoms with Crippen LogP contribution in [-0.2, 0) is 32.0 Å². The van der Waals surface area contributed by atoms with Gasteiger partial charge in [-0.05, 0) is 41.7 Å². The third-order valence-corrected chi connectivity index (χ3v) is 7.41. The van der Waals surface area contributed by atoms with Crippen molar-refractivity contribution < 1.29 is 37.3 Å². The van der Waals surface area contributed by atoms with Crippen molar-refractivity contribution in [3.05, 3.63) is 57.7 Å². The maximum absolute atomic E-state index is 12.6. The van der Waals surface area contributed by atoms with E-state index in [0.717, 1.165) is 26.9 Å². The molecule has 1 aliphatic heterocycles. The first-order chi connectivity index (χ1) is 19.4. The van der Waals surface area contributed by atoms with Crippen molar-refractivity contribution >= 4 is 33.4 Å². The average molecular weight is 595 g/mol. The molecule has 1 atom stereocenters. The summed E-state index contributed by atoms with van der Waals surface area (Å²) < 4.78 is 44.8. The number of methoxy groups -OCH3 is 1. The number of hydrogen-bond acceptors (Lipinski definition) is 8. The highest BCUT2D eigenvalue weighted by Gasteiger charge is 2.38. The Balaban J connectivity index is 0.000000587. The molecule has 1 amide bonds. The fourth-order valence-electron chi connectivity index (χ4n) is 4.10. The quantitative estimate of drug-likeness (QED) is 0.359. The zero-order chi connectivity index (χ0) is 30.2. The van der Waals surface area contributed by atoms with E-state index in [1.165, 1.54) is 11.3 Å². The minimum Gasteiger partial charge on any atom is -0.475 e. The maximum atomic E-state index is 12.6. The van der Waals surface area contributed by atoms with Gasteiger partial charge in [-0.3, -0.25) is 14.2 Å². The van der Waals surface area contributed by atoms with Crippen LogP contribution < -0.4 is 15.9 Å². The van der Waals surface area contributed by atoms with Crippen LogP contribution in [0.3, 0.4) is 0 Å². The number of alkyl halides is 3. The summed E-state index contributed by atoms with van der Waals surface area (Å²) in [6.45, 7) is 1.88. The van der Waals surface area contributed by atoms with Gasteiger partial charge in [0.2, 0.25) is 5.91 Å². The van der Waals surface area contributed by atoms with E-state index in [4.69, 9.17) is 25.1 Å². The Labute approximate surface area is 237 Å². The Bertz CT molecular complexity index is 1460. The molecule has 0 saturated carbocycles. The Kier molecular flexibility index (Phi) is 10.6. The number of nitrogens with zero attached hydrogens (tertiary/aromatic N) is 2. The van der Waals surface area contributed by atoms with Gasteiger partial charge in [-0.25, -0.2) is 4.79 Å². The van der Waals surface area contributed by atoms with Gasteiger partial charge >= 0.3 is 17.0 Å². The van der Waals surface area contributed by atoms with E-state index in [1.807, 2.05) is 42.5 Å². The summed E-state index contributed by atoms with van der Waals surface area (Å²) in [4.78, 5) is 33.9. The predicted molar refractivity (Wildman–Crippen MR) is 145 cm³/mol. The van der Waals surface area contributed by atoms with Gasteiger partial charge in [-0.15, -0.1) is 0 Å². The number of nitriles is 1. The number of benzene rings is 2. The van der Waals surface area contributed by atoms with Crippen LogP contribution in [0.1, 0.15) is 18.4 Å². The second kappa shape index (κ2) is 13.7. The highest BCUT2D eigenvalue weighted by Crippen LogP contribution is 2.27. The van der Waals surface area contributed by atoms with Crippen LogP contribution in [0, 0.1) is 11.3 Å². The lowest BCUT2D eigenvalue weighted by Crippen LogP contribution is -2.58. The van der Waals surface area contributed by atoms with Crippen molar-refractivity contribution in [3.63, 3.8) is 0 Å². The van der Waals surface area contributed by atoms with Crippen molar-refractivity contribution in [2.24, 2.45) is 5.73 Å². The molecule has 0 unspecified atom stereocenters. The fourth-order valence-corrected chi connectivity index (χ4v) is 5.00. The molecular formula is C27H29F3N4O6S. The molecule has 0 bridgehead atoms. The predicted octanol–water partition coefficient (Wildman–Crippen LogP) is 3.07. The minimum absolute atomic E-state index is 0.00384. The third kappa shape index (κ3) is 8.37. The lowest BCUT2D eigenvalue weighted by atomic mass is 9.90. The van der Waals surface area contributed by atoms with Gasteiger partial charge in [-0.1, -0.05) is 41.7 Å². The molecule has 1 aromatic heterocycles. The van der Waals surface area contributed by atoms with Crippen LogP contribution in [0.15, 0.2) is 47.3 Å². The van der Waals surface area contributed by atoms with Crippen molar-refractivity contribution in [2.75, 3.05) is 26.9 Å². The molecule has 41 heavy (non-hydrogen) atoms. The van der Waals surface area contributed by atoms with E-state index in [-0.39, 0.29) is 10.8 Å². The smallest absolute Gasteiger partial charge is 0.475 e. The molecule has 0 radical (unpaired) electrons. The van der Waals surface area contributed by atoms with Crippen molar-refractivity contribution in [1.82, 2.24) is 9.88 Å².